The highest BCUT2D eigenvalue weighted by atomic mass is 35.5. The van der Waals surface area contributed by atoms with Crippen LogP contribution in [0.25, 0.3) is 0 Å². The second-order valence-corrected chi connectivity index (χ2v) is 7.34. The molecule has 1 unspecified atom stereocenters. The fourth-order valence-corrected chi connectivity index (χ4v) is 3.22. The summed E-state index contributed by atoms with van der Waals surface area (Å²) in [5.41, 5.74) is 1.79. The first-order valence-corrected chi connectivity index (χ1v) is 8.61. The lowest BCUT2D eigenvalue weighted by Gasteiger charge is -2.20. The quantitative estimate of drug-likeness (QED) is 0.725. The molecular formula is C14H22ClNO2S. The molecule has 3 nitrogen and oxygen atoms in total. The van der Waals surface area contributed by atoms with Crippen molar-refractivity contribution in [3.05, 3.63) is 35.4 Å². The van der Waals surface area contributed by atoms with Gasteiger partial charge in [-0.15, -0.1) is 11.6 Å². The molecule has 19 heavy (non-hydrogen) atoms. The average molecular weight is 304 g/mol. The van der Waals surface area contributed by atoms with E-state index in [9.17, 15) is 8.42 Å². The van der Waals surface area contributed by atoms with Crippen molar-refractivity contribution in [3.8, 4) is 0 Å². The van der Waals surface area contributed by atoms with Gasteiger partial charge in [0, 0.05) is 19.5 Å². The van der Waals surface area contributed by atoms with E-state index in [0.29, 0.717) is 18.3 Å². The molecule has 0 aliphatic carbocycles. The van der Waals surface area contributed by atoms with Gasteiger partial charge in [0.05, 0.1) is 5.75 Å². The minimum atomic E-state index is -3.24. The zero-order chi connectivity index (χ0) is 14.5. The normalized spacial score (nSPS) is 13.7. The summed E-state index contributed by atoms with van der Waals surface area (Å²) in [6.07, 6.45) is 0.976. The molecule has 1 aromatic carbocycles. The molecule has 0 fully saturated rings. The van der Waals surface area contributed by atoms with Gasteiger partial charge in [0.1, 0.15) is 0 Å². The van der Waals surface area contributed by atoms with E-state index in [-0.39, 0.29) is 5.75 Å². The number of benzene rings is 1. The smallest absolute Gasteiger partial charge is 0.212 e. The molecule has 0 spiro atoms. The van der Waals surface area contributed by atoms with E-state index >= 15 is 0 Å². The minimum Gasteiger partial charge on any atom is -0.212 e. The van der Waals surface area contributed by atoms with Crippen LogP contribution in [0, 0.1) is 5.92 Å². The lowest BCUT2D eigenvalue weighted by atomic mass is 10.1. The third kappa shape index (κ3) is 5.13. The van der Waals surface area contributed by atoms with Crippen LogP contribution in [-0.2, 0) is 21.7 Å². The first kappa shape index (κ1) is 16.5. The lowest BCUT2D eigenvalue weighted by Crippen LogP contribution is -2.32. The van der Waals surface area contributed by atoms with Crippen molar-refractivity contribution in [1.82, 2.24) is 4.31 Å². The van der Waals surface area contributed by atoms with E-state index in [4.69, 9.17) is 11.6 Å². The summed E-state index contributed by atoms with van der Waals surface area (Å²) >= 11 is 5.71. The number of alkyl halides is 1. The van der Waals surface area contributed by atoms with Gasteiger partial charge < -0.3 is 0 Å². The molecular weight excluding hydrogens is 282 g/mol. The molecule has 0 aliphatic heterocycles. The van der Waals surface area contributed by atoms with Gasteiger partial charge in [-0.2, -0.15) is 0 Å². The Labute approximate surface area is 121 Å². The van der Waals surface area contributed by atoms with Crippen LogP contribution in [0.2, 0.25) is 0 Å². The van der Waals surface area contributed by atoms with Gasteiger partial charge in [-0.25, -0.2) is 12.7 Å². The van der Waals surface area contributed by atoms with Gasteiger partial charge in [-0.05, 0) is 17.0 Å². The molecule has 0 amide bonds. The third-order valence-electron chi connectivity index (χ3n) is 3.27. The van der Waals surface area contributed by atoms with Crippen LogP contribution in [0.15, 0.2) is 24.3 Å². The van der Waals surface area contributed by atoms with E-state index < -0.39 is 10.0 Å². The molecule has 0 aliphatic rings. The van der Waals surface area contributed by atoms with E-state index in [0.717, 1.165) is 17.5 Å². The summed E-state index contributed by atoms with van der Waals surface area (Å²) in [5, 5.41) is 0. The largest absolute Gasteiger partial charge is 0.218 e. The molecule has 0 saturated heterocycles. The Morgan fingerprint density at radius 1 is 1.21 bits per heavy atom. The fourth-order valence-electron chi connectivity index (χ4n) is 1.73. The van der Waals surface area contributed by atoms with Crippen molar-refractivity contribution >= 4 is 21.6 Å². The van der Waals surface area contributed by atoms with Crippen LogP contribution in [0.4, 0.5) is 0 Å². The van der Waals surface area contributed by atoms with E-state index in [1.165, 1.54) is 4.31 Å². The van der Waals surface area contributed by atoms with Crippen LogP contribution in [-0.4, -0.2) is 26.3 Å². The van der Waals surface area contributed by atoms with Gasteiger partial charge in [0.25, 0.3) is 0 Å². The zero-order valence-corrected chi connectivity index (χ0v) is 13.3. The number of hydrogen-bond donors (Lipinski definition) is 0. The van der Waals surface area contributed by atoms with Crippen molar-refractivity contribution < 1.29 is 8.42 Å². The molecule has 0 radical (unpaired) electrons. The standard InChI is InChI=1S/C14H22ClNO2S/c1-4-12(2)10-16(3)19(17,18)11-14-7-5-13(9-15)6-8-14/h5-8,12H,4,9-11H2,1-3H3. The Balaban J connectivity index is 2.72. The molecule has 0 bridgehead atoms. The Kier molecular flexibility index (Phi) is 6.30. The SMILES string of the molecule is CCC(C)CN(C)S(=O)(=O)Cc1ccc(CCl)cc1. The summed E-state index contributed by atoms with van der Waals surface area (Å²) < 4.78 is 25.9. The summed E-state index contributed by atoms with van der Waals surface area (Å²) in [6.45, 7) is 4.69. The Hall–Kier alpha value is -0.580. The number of nitrogens with zero attached hydrogens (tertiary/aromatic N) is 1. The van der Waals surface area contributed by atoms with Crippen molar-refractivity contribution in [2.45, 2.75) is 31.9 Å². The Morgan fingerprint density at radius 3 is 2.21 bits per heavy atom. The molecule has 5 heteroatoms. The molecule has 0 heterocycles. The molecule has 0 aromatic heterocycles. The number of halogens is 1. The number of rotatable bonds is 7. The van der Waals surface area contributed by atoms with Crippen molar-refractivity contribution in [3.63, 3.8) is 0 Å². The molecule has 1 aromatic rings. The summed E-state index contributed by atoms with van der Waals surface area (Å²) in [7, 11) is -1.59. The van der Waals surface area contributed by atoms with E-state index in [1.807, 2.05) is 24.3 Å². The lowest BCUT2D eigenvalue weighted by molar-refractivity contribution is 0.393. The maximum Gasteiger partial charge on any atom is 0.218 e. The predicted molar refractivity (Wildman–Crippen MR) is 80.7 cm³/mol. The van der Waals surface area contributed by atoms with Gasteiger partial charge >= 0.3 is 0 Å². The predicted octanol–water partition coefficient (Wildman–Crippen LogP) is 3.23. The van der Waals surface area contributed by atoms with Crippen LogP contribution in [0.5, 0.6) is 0 Å². The second-order valence-electron chi connectivity index (χ2n) is 5.00. The molecule has 0 saturated carbocycles. The van der Waals surface area contributed by atoms with Crippen molar-refractivity contribution in [2.24, 2.45) is 5.92 Å². The highest BCUT2D eigenvalue weighted by Gasteiger charge is 2.19. The third-order valence-corrected chi connectivity index (χ3v) is 5.37. The first-order valence-electron chi connectivity index (χ1n) is 6.46. The van der Waals surface area contributed by atoms with Crippen LogP contribution in [0.3, 0.4) is 0 Å². The van der Waals surface area contributed by atoms with Crippen LogP contribution < -0.4 is 0 Å². The Bertz CT molecular complexity index is 485. The summed E-state index contributed by atoms with van der Waals surface area (Å²) in [6, 6.07) is 7.39. The molecule has 0 N–H and O–H groups in total. The van der Waals surface area contributed by atoms with Gasteiger partial charge in [-0.3, -0.25) is 0 Å². The Morgan fingerprint density at radius 2 is 1.74 bits per heavy atom. The van der Waals surface area contributed by atoms with Gasteiger partial charge in [0.15, 0.2) is 0 Å². The van der Waals surface area contributed by atoms with Gasteiger partial charge in [-0.1, -0.05) is 44.5 Å². The van der Waals surface area contributed by atoms with Crippen LogP contribution in [0.1, 0.15) is 31.4 Å². The summed E-state index contributed by atoms with van der Waals surface area (Å²) in [4.78, 5) is 0. The maximum absolute atomic E-state index is 12.2. The second kappa shape index (κ2) is 7.27. The highest BCUT2D eigenvalue weighted by Crippen LogP contribution is 2.14. The topological polar surface area (TPSA) is 37.4 Å². The molecule has 108 valence electrons. The summed E-state index contributed by atoms with van der Waals surface area (Å²) in [5.74, 6) is 0.863. The minimum absolute atomic E-state index is 0.0441. The maximum atomic E-state index is 12.2. The van der Waals surface area contributed by atoms with E-state index in [2.05, 4.69) is 13.8 Å². The van der Waals surface area contributed by atoms with E-state index in [1.54, 1.807) is 7.05 Å². The van der Waals surface area contributed by atoms with Crippen LogP contribution >= 0.6 is 11.6 Å². The van der Waals surface area contributed by atoms with Crippen molar-refractivity contribution in [2.75, 3.05) is 13.6 Å². The average Bonchev–Trinajstić information content (AvgIpc) is 2.39. The van der Waals surface area contributed by atoms with Gasteiger partial charge in [0.2, 0.25) is 10.0 Å². The highest BCUT2D eigenvalue weighted by molar-refractivity contribution is 7.88. The first-order chi connectivity index (χ1) is 8.89. The monoisotopic (exact) mass is 303 g/mol. The number of hydrogen-bond acceptors (Lipinski definition) is 2. The molecule has 1 rings (SSSR count). The zero-order valence-electron chi connectivity index (χ0n) is 11.8. The number of sulfonamides is 1. The molecule has 1 atom stereocenters. The fraction of sp³-hybridized carbons (Fsp3) is 0.571. The van der Waals surface area contributed by atoms with Crippen molar-refractivity contribution in [1.29, 1.82) is 0 Å².